The van der Waals surface area contributed by atoms with Crippen LogP contribution < -0.4 is 9.46 Å². The number of methoxy groups -OCH3 is 1. The largest absolute Gasteiger partial charge is 0.497 e. The van der Waals surface area contributed by atoms with Crippen LogP contribution in [0.2, 0.25) is 0 Å². The summed E-state index contributed by atoms with van der Waals surface area (Å²) in [5.41, 5.74) is -0.0232. The molecule has 0 fully saturated rings. The Balaban J connectivity index is 1.88. The maximum absolute atomic E-state index is 13.8. The predicted octanol–water partition coefficient (Wildman–Crippen LogP) is 2.48. The van der Waals surface area contributed by atoms with Gasteiger partial charge in [0.2, 0.25) is 10.0 Å². The second kappa shape index (κ2) is 6.94. The summed E-state index contributed by atoms with van der Waals surface area (Å²) < 4.78 is 59.6. The number of nitrogens with one attached hydrogen (secondary N) is 1. The molecule has 0 bridgehead atoms. The number of hydrogen-bond donors (Lipinski definition) is 2. The molecule has 1 aliphatic carbocycles. The minimum atomic E-state index is -4.46. The van der Waals surface area contributed by atoms with Crippen molar-refractivity contribution in [2.45, 2.75) is 29.8 Å². The zero-order valence-corrected chi connectivity index (χ0v) is 14.9. The third-order valence-electron chi connectivity index (χ3n) is 4.59. The topological polar surface area (TPSA) is 75.6 Å². The van der Waals surface area contributed by atoms with Crippen molar-refractivity contribution in [1.82, 2.24) is 4.72 Å². The first kappa shape index (κ1) is 18.8. The SMILES string of the molecule is COc1ccc2c(c1)CCC[C@]2(O)CNS(=O)(=O)c1c(F)cccc1F. The van der Waals surface area contributed by atoms with Gasteiger partial charge in [-0.15, -0.1) is 0 Å². The summed E-state index contributed by atoms with van der Waals surface area (Å²) in [5.74, 6) is -1.72. The lowest BCUT2D eigenvalue weighted by molar-refractivity contribution is 0.0242. The lowest BCUT2D eigenvalue weighted by Gasteiger charge is -2.34. The minimum Gasteiger partial charge on any atom is -0.497 e. The smallest absolute Gasteiger partial charge is 0.246 e. The quantitative estimate of drug-likeness (QED) is 0.832. The Hall–Kier alpha value is -2.03. The van der Waals surface area contributed by atoms with Crippen LogP contribution in [0.1, 0.15) is 24.0 Å². The van der Waals surface area contributed by atoms with E-state index in [0.717, 1.165) is 30.2 Å². The van der Waals surface area contributed by atoms with Crippen LogP contribution in [0.15, 0.2) is 41.3 Å². The van der Waals surface area contributed by atoms with Gasteiger partial charge >= 0.3 is 0 Å². The fraction of sp³-hybridized carbons (Fsp3) is 0.333. The van der Waals surface area contributed by atoms with Crippen LogP contribution in [-0.4, -0.2) is 27.2 Å². The van der Waals surface area contributed by atoms with Crippen LogP contribution in [0.25, 0.3) is 0 Å². The summed E-state index contributed by atoms with van der Waals surface area (Å²) in [6, 6.07) is 7.99. The molecule has 140 valence electrons. The molecule has 0 amide bonds. The Morgan fingerprint density at radius 1 is 1.23 bits per heavy atom. The number of benzene rings is 2. The number of sulfonamides is 1. The summed E-state index contributed by atoms with van der Waals surface area (Å²) in [5, 5.41) is 11.0. The van der Waals surface area contributed by atoms with Gasteiger partial charge in [-0.25, -0.2) is 21.9 Å². The first-order chi connectivity index (χ1) is 12.3. The van der Waals surface area contributed by atoms with E-state index in [1.807, 2.05) is 0 Å². The van der Waals surface area contributed by atoms with Gasteiger partial charge in [-0.05, 0) is 54.7 Å². The molecule has 2 N–H and O–H groups in total. The molecule has 0 saturated heterocycles. The van der Waals surface area contributed by atoms with Gasteiger partial charge in [0.25, 0.3) is 0 Å². The Kier molecular flexibility index (Phi) is 5.01. The van der Waals surface area contributed by atoms with Crippen LogP contribution >= 0.6 is 0 Å². The molecule has 0 radical (unpaired) electrons. The number of ether oxygens (including phenoxy) is 1. The van der Waals surface area contributed by atoms with E-state index < -0.39 is 32.2 Å². The maximum Gasteiger partial charge on any atom is 0.246 e. The number of halogens is 2. The molecule has 26 heavy (non-hydrogen) atoms. The highest BCUT2D eigenvalue weighted by Crippen LogP contribution is 2.37. The van der Waals surface area contributed by atoms with E-state index in [1.165, 1.54) is 7.11 Å². The molecule has 1 aliphatic rings. The average Bonchev–Trinajstić information content (AvgIpc) is 2.60. The van der Waals surface area contributed by atoms with Crippen molar-refractivity contribution in [3.05, 3.63) is 59.2 Å². The van der Waals surface area contributed by atoms with E-state index in [2.05, 4.69) is 4.72 Å². The molecule has 5 nitrogen and oxygen atoms in total. The van der Waals surface area contributed by atoms with Crippen LogP contribution in [0.4, 0.5) is 8.78 Å². The average molecular weight is 383 g/mol. The van der Waals surface area contributed by atoms with Gasteiger partial charge in [-0.1, -0.05) is 12.1 Å². The molecule has 0 aliphatic heterocycles. The van der Waals surface area contributed by atoms with Gasteiger partial charge in [0.05, 0.1) is 7.11 Å². The van der Waals surface area contributed by atoms with E-state index >= 15 is 0 Å². The molecule has 3 rings (SSSR count). The molecule has 0 spiro atoms. The lowest BCUT2D eigenvalue weighted by Crippen LogP contribution is -2.43. The molecule has 2 aromatic carbocycles. The van der Waals surface area contributed by atoms with Crippen molar-refractivity contribution in [2.24, 2.45) is 0 Å². The van der Waals surface area contributed by atoms with Gasteiger partial charge in [0.15, 0.2) is 4.90 Å². The third-order valence-corrected chi connectivity index (χ3v) is 6.04. The fourth-order valence-corrected chi connectivity index (χ4v) is 4.50. The van der Waals surface area contributed by atoms with Crippen molar-refractivity contribution in [3.63, 3.8) is 0 Å². The molecule has 8 heteroatoms. The highest BCUT2D eigenvalue weighted by atomic mass is 32.2. The second-order valence-electron chi connectivity index (χ2n) is 6.28. The van der Waals surface area contributed by atoms with Crippen molar-refractivity contribution in [2.75, 3.05) is 13.7 Å². The molecular weight excluding hydrogens is 364 g/mol. The fourth-order valence-electron chi connectivity index (χ4n) is 3.27. The number of aliphatic hydroxyl groups is 1. The Morgan fingerprint density at radius 3 is 2.58 bits per heavy atom. The Bertz CT molecular complexity index is 913. The van der Waals surface area contributed by atoms with Crippen molar-refractivity contribution >= 4 is 10.0 Å². The third kappa shape index (κ3) is 3.44. The highest BCUT2D eigenvalue weighted by Gasteiger charge is 2.36. The van der Waals surface area contributed by atoms with E-state index in [-0.39, 0.29) is 6.54 Å². The minimum absolute atomic E-state index is 0.328. The van der Waals surface area contributed by atoms with Gasteiger partial charge in [-0.3, -0.25) is 0 Å². The van der Waals surface area contributed by atoms with Crippen molar-refractivity contribution in [1.29, 1.82) is 0 Å². The summed E-state index contributed by atoms with van der Waals surface area (Å²) in [7, 11) is -2.92. The number of aryl methyl sites for hydroxylation is 1. The Labute approximate surface area is 150 Å². The molecule has 0 saturated carbocycles. The van der Waals surface area contributed by atoms with Crippen molar-refractivity contribution in [3.8, 4) is 5.75 Å². The predicted molar refractivity (Wildman–Crippen MR) is 91.4 cm³/mol. The second-order valence-corrected chi connectivity index (χ2v) is 7.99. The summed E-state index contributed by atoms with van der Waals surface area (Å²) in [6.07, 6.45) is 1.70. The lowest BCUT2D eigenvalue weighted by atomic mass is 9.79. The molecule has 0 aromatic heterocycles. The van der Waals surface area contributed by atoms with Crippen LogP contribution in [0.5, 0.6) is 5.75 Å². The molecule has 1 atom stereocenters. The maximum atomic E-state index is 13.8. The molecule has 0 heterocycles. The van der Waals surface area contributed by atoms with E-state index in [4.69, 9.17) is 4.74 Å². The highest BCUT2D eigenvalue weighted by molar-refractivity contribution is 7.89. The number of rotatable bonds is 5. The van der Waals surface area contributed by atoms with Crippen LogP contribution in [0.3, 0.4) is 0 Å². The van der Waals surface area contributed by atoms with Gasteiger partial charge in [0.1, 0.15) is 23.0 Å². The normalized spacial score (nSPS) is 19.8. The molecule has 2 aromatic rings. The van der Waals surface area contributed by atoms with Gasteiger partial charge in [0, 0.05) is 6.54 Å². The number of hydrogen-bond acceptors (Lipinski definition) is 4. The first-order valence-corrected chi connectivity index (χ1v) is 9.58. The Morgan fingerprint density at radius 2 is 1.92 bits per heavy atom. The van der Waals surface area contributed by atoms with E-state index in [1.54, 1.807) is 18.2 Å². The summed E-state index contributed by atoms with van der Waals surface area (Å²) >= 11 is 0. The van der Waals surface area contributed by atoms with E-state index in [9.17, 15) is 22.3 Å². The summed E-state index contributed by atoms with van der Waals surface area (Å²) in [6.45, 7) is -0.386. The standard InChI is InChI=1S/C18H19F2NO4S/c1-25-13-7-8-14-12(10-13)4-3-9-18(14,22)11-21-26(23,24)17-15(19)5-2-6-16(17)20/h2,5-8,10,21-22H,3-4,9,11H2,1H3/t18-/m0/s1. The summed E-state index contributed by atoms with van der Waals surface area (Å²) in [4.78, 5) is -1.05. The van der Waals surface area contributed by atoms with Crippen LogP contribution in [0, 0.1) is 11.6 Å². The van der Waals surface area contributed by atoms with Gasteiger partial charge in [-0.2, -0.15) is 0 Å². The monoisotopic (exact) mass is 383 g/mol. The zero-order chi connectivity index (χ0) is 18.9. The van der Waals surface area contributed by atoms with Gasteiger partial charge < -0.3 is 9.84 Å². The zero-order valence-electron chi connectivity index (χ0n) is 14.1. The molecule has 0 unspecified atom stereocenters. The number of fused-ring (bicyclic) bond motifs is 1. The first-order valence-electron chi connectivity index (χ1n) is 8.10. The van der Waals surface area contributed by atoms with E-state index in [0.29, 0.717) is 24.2 Å². The van der Waals surface area contributed by atoms with Crippen molar-refractivity contribution < 1.29 is 27.0 Å². The van der Waals surface area contributed by atoms with Crippen LogP contribution in [-0.2, 0) is 22.0 Å². The molecular formula is C18H19F2NO4S.